The van der Waals surface area contributed by atoms with E-state index in [0.717, 1.165) is 31.2 Å². The van der Waals surface area contributed by atoms with Crippen LogP contribution in [0, 0.1) is 0 Å². The van der Waals surface area contributed by atoms with Crippen LogP contribution < -0.4 is 4.74 Å². The van der Waals surface area contributed by atoms with Gasteiger partial charge in [-0.2, -0.15) is 0 Å². The molecule has 0 heterocycles. The number of unbranched alkanes of at least 4 members (excludes halogenated alkanes) is 7. The van der Waals surface area contributed by atoms with Crippen molar-refractivity contribution in [3.63, 3.8) is 0 Å². The Balaban J connectivity index is 2.16. The number of rotatable bonds is 16. The van der Waals surface area contributed by atoms with E-state index in [4.69, 9.17) is 4.74 Å². The quantitative estimate of drug-likeness (QED) is 0.256. The molecule has 1 rings (SSSR count). The monoisotopic (exact) mass is 374 g/mol. The number of hydrogen-bond acceptors (Lipinski definition) is 3. The number of ketones is 1. The lowest BCUT2D eigenvalue weighted by Gasteiger charge is -2.08. The maximum atomic E-state index is 11.9. The van der Waals surface area contributed by atoms with E-state index in [9.17, 15) is 9.90 Å². The third kappa shape index (κ3) is 11.5. The maximum Gasteiger partial charge on any atom is 0.161 e. The Hall–Kier alpha value is -1.77. The highest BCUT2D eigenvalue weighted by Gasteiger charge is 2.03. The fourth-order valence-corrected chi connectivity index (χ4v) is 3.02. The Bertz CT molecular complexity index is 549. The summed E-state index contributed by atoms with van der Waals surface area (Å²) in [5, 5.41) is 9.80. The van der Waals surface area contributed by atoms with E-state index in [-0.39, 0.29) is 11.5 Å². The molecule has 0 aliphatic heterocycles. The molecule has 27 heavy (non-hydrogen) atoms. The molecule has 0 bridgehead atoms. The van der Waals surface area contributed by atoms with Gasteiger partial charge in [0.15, 0.2) is 17.3 Å². The molecule has 0 radical (unpaired) electrons. The van der Waals surface area contributed by atoms with Crippen LogP contribution in [0.1, 0.15) is 90.0 Å². The molecule has 0 aliphatic carbocycles. The smallest absolute Gasteiger partial charge is 0.161 e. The highest BCUT2D eigenvalue weighted by Crippen LogP contribution is 2.27. The lowest BCUT2D eigenvalue weighted by Crippen LogP contribution is -1.96. The Labute approximate surface area is 165 Å². The van der Waals surface area contributed by atoms with Gasteiger partial charge in [0, 0.05) is 6.42 Å². The zero-order chi connectivity index (χ0) is 19.7. The molecule has 152 valence electrons. The number of carbonyl (C=O) groups is 1. The molecule has 0 atom stereocenters. The molecule has 3 nitrogen and oxygen atoms in total. The van der Waals surface area contributed by atoms with E-state index in [1.165, 1.54) is 44.9 Å². The lowest BCUT2D eigenvalue weighted by molar-refractivity contribution is -0.114. The summed E-state index contributed by atoms with van der Waals surface area (Å²) in [5.41, 5.74) is 1.11. The normalized spacial score (nSPS) is 11.2. The van der Waals surface area contributed by atoms with Gasteiger partial charge in [0.1, 0.15) is 0 Å². The number of benzene rings is 1. The Kier molecular flexibility index (Phi) is 13.2. The molecule has 0 saturated heterocycles. The molecule has 0 spiro atoms. The lowest BCUT2D eigenvalue weighted by atomic mass is 10.1. The number of allylic oxidation sites excluding steroid dienone is 2. The molecule has 0 unspecified atom stereocenters. The number of ether oxygens (including phenoxy) is 1. The van der Waals surface area contributed by atoms with Crippen molar-refractivity contribution >= 4 is 5.78 Å². The van der Waals surface area contributed by atoms with E-state index in [1.807, 2.05) is 25.1 Å². The summed E-state index contributed by atoms with van der Waals surface area (Å²) in [6, 6.07) is 5.48. The van der Waals surface area contributed by atoms with Crippen LogP contribution in [0.15, 0.2) is 30.4 Å². The number of aromatic hydroxyl groups is 1. The Morgan fingerprint density at radius 2 is 1.70 bits per heavy atom. The minimum absolute atomic E-state index is 0.184. The van der Waals surface area contributed by atoms with Crippen molar-refractivity contribution in [1.29, 1.82) is 0 Å². The molecule has 0 saturated carbocycles. The molecule has 0 aliphatic rings. The molecule has 0 fully saturated rings. The third-order valence-corrected chi connectivity index (χ3v) is 4.67. The van der Waals surface area contributed by atoms with Crippen molar-refractivity contribution in [2.24, 2.45) is 0 Å². The SMILES string of the molecule is CCCCCCCCCCC(=O)C=CCCc1ccc(O)c(OCCC)c1. The van der Waals surface area contributed by atoms with E-state index in [2.05, 4.69) is 6.92 Å². The zero-order valence-electron chi connectivity index (χ0n) is 17.3. The molecular weight excluding hydrogens is 336 g/mol. The Morgan fingerprint density at radius 3 is 2.41 bits per heavy atom. The van der Waals surface area contributed by atoms with Crippen LogP contribution in [0.4, 0.5) is 0 Å². The van der Waals surface area contributed by atoms with E-state index >= 15 is 0 Å². The van der Waals surface area contributed by atoms with Crippen LogP contribution in [0.2, 0.25) is 0 Å². The number of aryl methyl sites for hydroxylation is 1. The van der Waals surface area contributed by atoms with Gasteiger partial charge in [-0.3, -0.25) is 4.79 Å². The largest absolute Gasteiger partial charge is 0.504 e. The number of carbonyl (C=O) groups excluding carboxylic acids is 1. The van der Waals surface area contributed by atoms with E-state index in [1.54, 1.807) is 12.1 Å². The summed E-state index contributed by atoms with van der Waals surface area (Å²) >= 11 is 0. The van der Waals surface area contributed by atoms with Gasteiger partial charge in [0.05, 0.1) is 6.61 Å². The van der Waals surface area contributed by atoms with Gasteiger partial charge < -0.3 is 9.84 Å². The van der Waals surface area contributed by atoms with Crippen molar-refractivity contribution in [3.8, 4) is 11.5 Å². The third-order valence-electron chi connectivity index (χ3n) is 4.67. The van der Waals surface area contributed by atoms with Gasteiger partial charge in [0.25, 0.3) is 0 Å². The highest BCUT2D eigenvalue weighted by molar-refractivity contribution is 5.89. The van der Waals surface area contributed by atoms with Crippen molar-refractivity contribution in [2.45, 2.75) is 90.9 Å². The first kappa shape index (κ1) is 23.3. The summed E-state index contributed by atoms with van der Waals surface area (Å²) in [7, 11) is 0. The van der Waals surface area contributed by atoms with Gasteiger partial charge in [-0.15, -0.1) is 0 Å². The summed E-state index contributed by atoms with van der Waals surface area (Å²) in [4.78, 5) is 11.9. The fraction of sp³-hybridized carbons (Fsp3) is 0.625. The van der Waals surface area contributed by atoms with Crippen molar-refractivity contribution in [2.75, 3.05) is 6.61 Å². The molecule has 1 aromatic carbocycles. The summed E-state index contributed by atoms with van der Waals surface area (Å²) in [6.07, 6.45) is 17.0. The second-order valence-corrected chi connectivity index (χ2v) is 7.28. The topological polar surface area (TPSA) is 46.5 Å². The van der Waals surface area contributed by atoms with E-state index in [0.29, 0.717) is 18.8 Å². The number of phenols is 1. The van der Waals surface area contributed by atoms with Gasteiger partial charge >= 0.3 is 0 Å². The predicted molar refractivity (Wildman–Crippen MR) is 114 cm³/mol. The van der Waals surface area contributed by atoms with Gasteiger partial charge in [-0.1, -0.05) is 70.9 Å². The standard InChI is InChI=1S/C24H38O3/c1-3-5-6-7-8-9-10-11-15-22(25)16-13-12-14-21-17-18-23(26)24(20-21)27-19-4-2/h13,16-18,20,26H,3-12,14-15,19H2,1-2H3. The van der Waals surface area contributed by atoms with Crippen LogP contribution in [-0.2, 0) is 11.2 Å². The minimum Gasteiger partial charge on any atom is -0.504 e. The average Bonchev–Trinajstić information content (AvgIpc) is 2.67. The minimum atomic E-state index is 0.184. The molecular formula is C24H38O3. The van der Waals surface area contributed by atoms with E-state index < -0.39 is 0 Å². The molecule has 1 aromatic rings. The molecule has 0 aromatic heterocycles. The highest BCUT2D eigenvalue weighted by atomic mass is 16.5. The maximum absolute atomic E-state index is 11.9. The number of hydrogen-bond donors (Lipinski definition) is 1. The van der Waals surface area contributed by atoms with Gasteiger partial charge in [-0.25, -0.2) is 0 Å². The predicted octanol–water partition coefficient (Wildman–Crippen LogP) is 6.77. The summed E-state index contributed by atoms with van der Waals surface area (Å²) in [5.74, 6) is 0.964. The second kappa shape index (κ2) is 15.3. The molecule has 0 amide bonds. The van der Waals surface area contributed by atoms with Gasteiger partial charge in [0.2, 0.25) is 0 Å². The van der Waals surface area contributed by atoms with Crippen LogP contribution >= 0.6 is 0 Å². The first-order valence-corrected chi connectivity index (χ1v) is 10.8. The average molecular weight is 375 g/mol. The second-order valence-electron chi connectivity index (χ2n) is 7.28. The van der Waals surface area contributed by atoms with Crippen LogP contribution in [-0.4, -0.2) is 17.5 Å². The Morgan fingerprint density at radius 1 is 1.00 bits per heavy atom. The van der Waals surface area contributed by atoms with Crippen LogP contribution in [0.25, 0.3) is 0 Å². The molecule has 1 N–H and O–H groups in total. The van der Waals surface area contributed by atoms with Crippen LogP contribution in [0.3, 0.4) is 0 Å². The summed E-state index contributed by atoms with van der Waals surface area (Å²) < 4.78 is 5.54. The van der Waals surface area contributed by atoms with Crippen molar-refractivity contribution in [3.05, 3.63) is 35.9 Å². The molecule has 3 heteroatoms. The first-order valence-electron chi connectivity index (χ1n) is 10.8. The van der Waals surface area contributed by atoms with Crippen molar-refractivity contribution in [1.82, 2.24) is 0 Å². The fourth-order valence-electron chi connectivity index (χ4n) is 3.02. The van der Waals surface area contributed by atoms with Crippen molar-refractivity contribution < 1.29 is 14.6 Å². The summed E-state index contributed by atoms with van der Waals surface area (Å²) in [6.45, 7) is 4.88. The van der Waals surface area contributed by atoms with Crippen LogP contribution in [0.5, 0.6) is 11.5 Å². The first-order chi connectivity index (χ1) is 13.2. The number of phenolic OH excluding ortho intramolecular Hbond substituents is 1. The zero-order valence-corrected chi connectivity index (χ0v) is 17.3. The van der Waals surface area contributed by atoms with Gasteiger partial charge in [-0.05, 0) is 49.5 Å².